The molecule has 0 saturated heterocycles. The number of nitrogens with one attached hydrogen (secondary N) is 2. The molecule has 0 spiro atoms. The number of halogens is 1. The van der Waals surface area contributed by atoms with Gasteiger partial charge in [0.25, 0.3) is 0 Å². The van der Waals surface area contributed by atoms with Gasteiger partial charge in [-0.3, -0.25) is 4.79 Å². The number of hydrogen-bond acceptors (Lipinski definition) is 4. The molecule has 0 aromatic carbocycles. The predicted molar refractivity (Wildman–Crippen MR) is 78.8 cm³/mol. The number of ketones is 1. The molecule has 0 aliphatic heterocycles. The van der Waals surface area contributed by atoms with Crippen LogP contribution in [0.2, 0.25) is 0 Å². The lowest BCUT2D eigenvalue weighted by Gasteiger charge is -2.07. The third-order valence-electron chi connectivity index (χ3n) is 2.83. The van der Waals surface area contributed by atoms with Gasteiger partial charge in [0.15, 0.2) is 0 Å². The number of hydrogen-bond donors (Lipinski definition) is 2. The van der Waals surface area contributed by atoms with Crippen molar-refractivity contribution in [3.63, 3.8) is 0 Å². The van der Waals surface area contributed by atoms with Crippen molar-refractivity contribution in [1.82, 2.24) is 14.7 Å². The van der Waals surface area contributed by atoms with Gasteiger partial charge < -0.3 is 4.98 Å². The lowest BCUT2D eigenvalue weighted by atomic mass is 10.1. The summed E-state index contributed by atoms with van der Waals surface area (Å²) in [6.45, 7) is 3.24. The Labute approximate surface area is 125 Å². The Morgan fingerprint density at radius 2 is 2.20 bits per heavy atom. The van der Waals surface area contributed by atoms with Gasteiger partial charge in [-0.1, -0.05) is 13.8 Å². The highest BCUT2D eigenvalue weighted by molar-refractivity contribution is 9.10. The van der Waals surface area contributed by atoms with Crippen LogP contribution in [0.1, 0.15) is 13.8 Å². The van der Waals surface area contributed by atoms with Crippen LogP contribution >= 0.6 is 15.9 Å². The van der Waals surface area contributed by atoms with Crippen LogP contribution in [0.5, 0.6) is 0 Å². The van der Waals surface area contributed by atoms with E-state index in [0.717, 1.165) is 0 Å². The number of pyridine rings is 1. The van der Waals surface area contributed by atoms with E-state index in [1.54, 1.807) is 26.1 Å². The molecule has 20 heavy (non-hydrogen) atoms. The third kappa shape index (κ3) is 3.08. The van der Waals surface area contributed by atoms with Gasteiger partial charge in [0.2, 0.25) is 10.0 Å². The minimum atomic E-state index is -3.75. The molecule has 2 N–H and O–H groups in total. The highest BCUT2D eigenvalue weighted by Crippen LogP contribution is 2.23. The number of Topliss-reactive ketones (excluding diaryl/α,β-unsaturated/α-hetero) is 1. The largest absolute Gasteiger partial charge is 0.345 e. The number of carbonyl (C=O) groups excluding carboxylic acids is 1. The van der Waals surface area contributed by atoms with E-state index in [1.807, 2.05) is 0 Å². The van der Waals surface area contributed by atoms with Crippen molar-refractivity contribution >= 4 is 42.8 Å². The van der Waals surface area contributed by atoms with E-state index in [-0.39, 0.29) is 23.1 Å². The SMILES string of the molecule is CC(C)C(=O)CNS(=O)(=O)c1c[nH]c2ncc(Br)cc12. The second-order valence-electron chi connectivity index (χ2n) is 4.65. The molecule has 0 atom stereocenters. The van der Waals surface area contributed by atoms with Crippen LogP contribution in [0.3, 0.4) is 0 Å². The van der Waals surface area contributed by atoms with Gasteiger partial charge >= 0.3 is 0 Å². The van der Waals surface area contributed by atoms with E-state index in [4.69, 9.17) is 0 Å². The van der Waals surface area contributed by atoms with Gasteiger partial charge in [0, 0.05) is 28.2 Å². The normalized spacial score (nSPS) is 12.2. The van der Waals surface area contributed by atoms with Crippen LogP contribution < -0.4 is 4.72 Å². The molecule has 8 heteroatoms. The molecule has 0 aliphatic carbocycles. The zero-order valence-corrected chi connectivity index (χ0v) is 13.4. The maximum Gasteiger partial charge on any atom is 0.243 e. The van der Waals surface area contributed by atoms with Crippen molar-refractivity contribution < 1.29 is 13.2 Å². The predicted octanol–water partition coefficient (Wildman–Crippen LogP) is 1.83. The number of carbonyl (C=O) groups is 1. The summed E-state index contributed by atoms with van der Waals surface area (Å²) >= 11 is 3.25. The van der Waals surface area contributed by atoms with E-state index in [2.05, 4.69) is 30.6 Å². The van der Waals surface area contributed by atoms with Crippen molar-refractivity contribution in [3.05, 3.63) is 22.9 Å². The number of fused-ring (bicyclic) bond motifs is 1. The molecule has 6 nitrogen and oxygen atoms in total. The first-order valence-electron chi connectivity index (χ1n) is 5.96. The summed E-state index contributed by atoms with van der Waals surface area (Å²) in [5.74, 6) is -0.371. The fourth-order valence-corrected chi connectivity index (χ4v) is 3.10. The Balaban J connectivity index is 2.32. The molecule has 0 radical (unpaired) electrons. The highest BCUT2D eigenvalue weighted by atomic mass is 79.9. The molecule has 2 aromatic heterocycles. The Morgan fingerprint density at radius 1 is 1.50 bits per heavy atom. The summed E-state index contributed by atoms with van der Waals surface area (Å²) in [4.78, 5) is 18.5. The first-order valence-corrected chi connectivity index (χ1v) is 8.24. The number of aromatic nitrogens is 2. The molecular weight excluding hydrogens is 346 g/mol. The molecule has 2 aromatic rings. The van der Waals surface area contributed by atoms with Crippen LogP contribution in [0, 0.1) is 5.92 Å². The van der Waals surface area contributed by atoms with Crippen molar-refractivity contribution in [1.29, 1.82) is 0 Å². The Morgan fingerprint density at radius 3 is 2.85 bits per heavy atom. The quantitative estimate of drug-likeness (QED) is 0.851. The van der Waals surface area contributed by atoms with Crippen LogP contribution in [-0.2, 0) is 14.8 Å². The summed E-state index contributed by atoms with van der Waals surface area (Å²) in [6, 6.07) is 1.66. The van der Waals surface area contributed by atoms with E-state index in [1.165, 1.54) is 6.20 Å². The molecule has 0 saturated carbocycles. The monoisotopic (exact) mass is 359 g/mol. The van der Waals surface area contributed by atoms with E-state index >= 15 is 0 Å². The number of aromatic amines is 1. The van der Waals surface area contributed by atoms with Crippen LogP contribution in [0.15, 0.2) is 27.8 Å². The van der Waals surface area contributed by atoms with Gasteiger partial charge in [-0.15, -0.1) is 0 Å². The number of nitrogens with zero attached hydrogens (tertiary/aromatic N) is 1. The Kier molecular flexibility index (Phi) is 4.26. The van der Waals surface area contributed by atoms with Gasteiger partial charge in [0.1, 0.15) is 16.3 Å². The molecule has 0 aliphatic rings. The van der Waals surface area contributed by atoms with Crippen molar-refractivity contribution in [3.8, 4) is 0 Å². The maximum atomic E-state index is 12.2. The second-order valence-corrected chi connectivity index (χ2v) is 7.30. The average molecular weight is 360 g/mol. The van der Waals surface area contributed by atoms with Gasteiger partial charge in [-0.25, -0.2) is 18.1 Å². The lowest BCUT2D eigenvalue weighted by Crippen LogP contribution is -2.31. The van der Waals surface area contributed by atoms with Crippen molar-refractivity contribution in [2.75, 3.05) is 6.54 Å². The minimum Gasteiger partial charge on any atom is -0.345 e. The van der Waals surface area contributed by atoms with E-state index < -0.39 is 10.0 Å². The summed E-state index contributed by atoms with van der Waals surface area (Å²) in [5.41, 5.74) is 0.476. The molecule has 0 amide bonds. The van der Waals surface area contributed by atoms with Crippen molar-refractivity contribution in [2.24, 2.45) is 5.92 Å². The fraction of sp³-hybridized carbons (Fsp3) is 0.333. The molecule has 2 rings (SSSR count). The standard InChI is InChI=1S/C12H14BrN3O3S/c1-7(2)10(17)5-16-20(18,19)11-6-15-12-9(11)3-8(13)4-14-12/h3-4,6-7,16H,5H2,1-2H3,(H,14,15). The maximum absolute atomic E-state index is 12.2. The van der Waals surface area contributed by atoms with Gasteiger partial charge in [-0.05, 0) is 22.0 Å². The number of rotatable bonds is 5. The first kappa shape index (κ1) is 15.1. The smallest absolute Gasteiger partial charge is 0.243 e. The summed E-state index contributed by atoms with van der Waals surface area (Å²) in [6.07, 6.45) is 2.94. The fourth-order valence-electron chi connectivity index (χ4n) is 1.62. The molecule has 2 heterocycles. The highest BCUT2D eigenvalue weighted by Gasteiger charge is 2.21. The Bertz CT molecular complexity index is 752. The van der Waals surface area contributed by atoms with Gasteiger partial charge in [0.05, 0.1) is 6.54 Å². The van der Waals surface area contributed by atoms with E-state index in [9.17, 15) is 13.2 Å². The molecule has 0 unspecified atom stereocenters. The van der Waals surface area contributed by atoms with Gasteiger partial charge in [-0.2, -0.15) is 0 Å². The third-order valence-corrected chi connectivity index (χ3v) is 4.70. The summed E-state index contributed by atoms with van der Waals surface area (Å²) in [5, 5.41) is 0.476. The Hall–Kier alpha value is -1.25. The molecule has 108 valence electrons. The first-order chi connectivity index (χ1) is 9.31. The molecule has 0 bridgehead atoms. The zero-order valence-electron chi connectivity index (χ0n) is 11.0. The van der Waals surface area contributed by atoms with Crippen LogP contribution in [0.4, 0.5) is 0 Å². The average Bonchev–Trinajstić information content (AvgIpc) is 2.79. The number of sulfonamides is 1. The molecule has 0 fully saturated rings. The van der Waals surface area contributed by atoms with Crippen LogP contribution in [-0.4, -0.2) is 30.7 Å². The minimum absolute atomic E-state index is 0.0813. The summed E-state index contributed by atoms with van der Waals surface area (Å²) < 4.78 is 27.4. The van der Waals surface area contributed by atoms with E-state index in [0.29, 0.717) is 15.5 Å². The van der Waals surface area contributed by atoms with Crippen molar-refractivity contribution in [2.45, 2.75) is 18.7 Å². The second kappa shape index (κ2) is 5.63. The molecular formula is C12H14BrN3O3S. The van der Waals surface area contributed by atoms with Crippen LogP contribution in [0.25, 0.3) is 11.0 Å². The number of H-pyrrole nitrogens is 1. The lowest BCUT2D eigenvalue weighted by molar-refractivity contribution is -0.120. The topological polar surface area (TPSA) is 91.9 Å². The zero-order chi connectivity index (χ0) is 14.9. The summed E-state index contributed by atoms with van der Waals surface area (Å²) in [7, 11) is -3.75.